The Morgan fingerprint density at radius 2 is 1.77 bits per heavy atom. The van der Waals surface area contributed by atoms with Crippen molar-refractivity contribution < 1.29 is 14.3 Å². The molecule has 172 valence electrons. The zero-order valence-electron chi connectivity index (χ0n) is 18.9. The summed E-state index contributed by atoms with van der Waals surface area (Å²) < 4.78 is 6.55. The third-order valence-corrected chi connectivity index (χ3v) is 5.55. The molecule has 5 aromatic rings. The van der Waals surface area contributed by atoms with Gasteiger partial charge in [-0.3, -0.25) is 9.78 Å². The molecule has 0 unspecified atom stereocenters. The summed E-state index contributed by atoms with van der Waals surface area (Å²) in [6, 6.07) is 21.9. The molecule has 8 heteroatoms. The van der Waals surface area contributed by atoms with Crippen molar-refractivity contribution in [2.75, 3.05) is 12.4 Å². The van der Waals surface area contributed by atoms with Crippen molar-refractivity contribution in [3.05, 3.63) is 108 Å². The number of carbonyl (C=O) groups excluding carboxylic acids is 2. The minimum absolute atomic E-state index is 0.333. The van der Waals surface area contributed by atoms with Crippen molar-refractivity contribution in [1.82, 2.24) is 19.7 Å². The van der Waals surface area contributed by atoms with Crippen LogP contribution in [-0.4, -0.2) is 38.7 Å². The number of pyridine rings is 2. The number of ether oxygens (including phenoxy) is 1. The molecule has 0 aliphatic rings. The summed E-state index contributed by atoms with van der Waals surface area (Å²) in [5.41, 5.74) is 4.40. The first-order valence-electron chi connectivity index (χ1n) is 10.9. The maximum Gasteiger partial charge on any atom is 0.337 e. The molecule has 1 amide bonds. The highest BCUT2D eigenvalue weighted by atomic mass is 16.5. The average molecular weight is 463 g/mol. The lowest BCUT2D eigenvalue weighted by atomic mass is 10.1. The van der Waals surface area contributed by atoms with Gasteiger partial charge in [0.05, 0.1) is 42.1 Å². The maximum atomic E-state index is 13.4. The van der Waals surface area contributed by atoms with Gasteiger partial charge in [0.15, 0.2) is 5.65 Å². The van der Waals surface area contributed by atoms with E-state index in [4.69, 9.17) is 9.72 Å². The Morgan fingerprint density at radius 3 is 2.54 bits per heavy atom. The summed E-state index contributed by atoms with van der Waals surface area (Å²) in [5, 5.41) is 8.03. The van der Waals surface area contributed by atoms with E-state index in [0.717, 1.165) is 11.1 Å². The Labute approximate surface area is 201 Å². The summed E-state index contributed by atoms with van der Waals surface area (Å²) in [4.78, 5) is 34.2. The first-order valence-corrected chi connectivity index (χ1v) is 10.9. The van der Waals surface area contributed by atoms with Crippen LogP contribution >= 0.6 is 0 Å². The summed E-state index contributed by atoms with van der Waals surface area (Å²) in [6.07, 6.45) is 5.11. The van der Waals surface area contributed by atoms with Gasteiger partial charge in [0.25, 0.3) is 5.91 Å². The third kappa shape index (κ3) is 4.63. The van der Waals surface area contributed by atoms with Crippen molar-refractivity contribution >= 4 is 28.6 Å². The number of rotatable bonds is 6. The van der Waals surface area contributed by atoms with E-state index in [-0.39, 0.29) is 5.91 Å². The lowest BCUT2D eigenvalue weighted by molar-refractivity contribution is 0.0600. The predicted molar refractivity (Wildman–Crippen MR) is 132 cm³/mol. The van der Waals surface area contributed by atoms with Crippen LogP contribution in [0.3, 0.4) is 0 Å². The number of anilines is 1. The molecule has 0 bridgehead atoms. The second kappa shape index (κ2) is 9.56. The minimum atomic E-state index is -0.476. The van der Waals surface area contributed by atoms with Crippen molar-refractivity contribution in [2.24, 2.45) is 0 Å². The minimum Gasteiger partial charge on any atom is -0.465 e. The van der Waals surface area contributed by atoms with E-state index >= 15 is 0 Å². The number of hydrogen-bond donors (Lipinski definition) is 1. The van der Waals surface area contributed by atoms with Crippen molar-refractivity contribution in [1.29, 1.82) is 0 Å². The molecule has 0 aliphatic heterocycles. The van der Waals surface area contributed by atoms with Crippen LogP contribution in [0.4, 0.5) is 5.69 Å². The van der Waals surface area contributed by atoms with Gasteiger partial charge in [0, 0.05) is 23.6 Å². The summed E-state index contributed by atoms with van der Waals surface area (Å²) in [6.45, 7) is 0.486. The topological polar surface area (TPSA) is 99.0 Å². The highest BCUT2D eigenvalue weighted by molar-refractivity contribution is 6.12. The van der Waals surface area contributed by atoms with Gasteiger partial charge in [-0.1, -0.05) is 36.4 Å². The molecule has 3 aromatic heterocycles. The molecule has 35 heavy (non-hydrogen) atoms. The Hall–Kier alpha value is -4.85. The van der Waals surface area contributed by atoms with E-state index in [1.54, 1.807) is 53.6 Å². The molecule has 0 saturated carbocycles. The van der Waals surface area contributed by atoms with E-state index in [1.165, 1.54) is 7.11 Å². The van der Waals surface area contributed by atoms with Crippen LogP contribution in [0.25, 0.3) is 22.3 Å². The average Bonchev–Trinajstić information content (AvgIpc) is 3.31. The number of nitrogens with zero attached hydrogens (tertiary/aromatic N) is 4. The molecule has 0 spiro atoms. The maximum absolute atomic E-state index is 13.4. The van der Waals surface area contributed by atoms with Gasteiger partial charge in [0.1, 0.15) is 0 Å². The van der Waals surface area contributed by atoms with E-state index in [2.05, 4.69) is 15.4 Å². The predicted octanol–water partition coefficient (Wildman–Crippen LogP) is 4.58. The molecule has 0 radical (unpaired) electrons. The van der Waals surface area contributed by atoms with E-state index in [0.29, 0.717) is 40.1 Å². The standard InChI is InChI=1S/C27H21N5O3/c1-35-27(34)20-8-5-9-21(14-20)30-26(33)22-15-24(19-6-3-2-4-7-19)31-25-23(22)16-29-32(25)17-18-10-12-28-13-11-18/h2-16H,17H2,1H3,(H,30,33). The van der Waals surface area contributed by atoms with Crippen molar-refractivity contribution in [2.45, 2.75) is 6.54 Å². The molecule has 0 saturated heterocycles. The molecule has 0 aliphatic carbocycles. The molecule has 5 rings (SSSR count). The second-order valence-corrected chi connectivity index (χ2v) is 7.84. The SMILES string of the molecule is COC(=O)c1cccc(NC(=O)c2cc(-c3ccccc3)nc3c2cnn3Cc2ccncc2)c1. The van der Waals surface area contributed by atoms with Gasteiger partial charge in [-0.25, -0.2) is 14.5 Å². The fourth-order valence-electron chi connectivity index (χ4n) is 3.81. The first kappa shape index (κ1) is 22.0. The quantitative estimate of drug-likeness (QED) is 0.370. The highest BCUT2D eigenvalue weighted by Crippen LogP contribution is 2.26. The number of esters is 1. The van der Waals surface area contributed by atoms with Crippen LogP contribution in [0.15, 0.2) is 91.4 Å². The highest BCUT2D eigenvalue weighted by Gasteiger charge is 2.18. The van der Waals surface area contributed by atoms with Crippen LogP contribution in [0, 0.1) is 0 Å². The van der Waals surface area contributed by atoms with Crippen molar-refractivity contribution in [3.63, 3.8) is 0 Å². The lowest BCUT2D eigenvalue weighted by Gasteiger charge is -2.11. The van der Waals surface area contributed by atoms with E-state index < -0.39 is 5.97 Å². The van der Waals surface area contributed by atoms with Gasteiger partial charge in [-0.2, -0.15) is 5.10 Å². The molecule has 0 fully saturated rings. The van der Waals surface area contributed by atoms with Gasteiger partial charge in [-0.15, -0.1) is 0 Å². The number of aromatic nitrogens is 4. The zero-order valence-corrected chi connectivity index (χ0v) is 18.9. The normalized spacial score (nSPS) is 10.8. The number of nitrogens with one attached hydrogen (secondary N) is 1. The van der Waals surface area contributed by atoms with Gasteiger partial charge in [0.2, 0.25) is 0 Å². The number of methoxy groups -OCH3 is 1. The molecule has 2 aromatic carbocycles. The van der Waals surface area contributed by atoms with Crippen LogP contribution in [0.5, 0.6) is 0 Å². The third-order valence-electron chi connectivity index (χ3n) is 5.55. The Kier molecular flexibility index (Phi) is 6.00. The monoisotopic (exact) mass is 463 g/mol. The van der Waals surface area contributed by atoms with Crippen LogP contribution in [-0.2, 0) is 11.3 Å². The smallest absolute Gasteiger partial charge is 0.337 e. The van der Waals surface area contributed by atoms with E-state index in [1.807, 2.05) is 42.5 Å². The van der Waals surface area contributed by atoms with E-state index in [9.17, 15) is 9.59 Å². The summed E-state index contributed by atoms with van der Waals surface area (Å²) >= 11 is 0. The zero-order chi connectivity index (χ0) is 24.2. The Balaban J connectivity index is 1.57. The molecule has 8 nitrogen and oxygen atoms in total. The Morgan fingerprint density at radius 1 is 0.971 bits per heavy atom. The molecular formula is C27H21N5O3. The summed E-state index contributed by atoms with van der Waals surface area (Å²) in [7, 11) is 1.32. The fourth-order valence-corrected chi connectivity index (χ4v) is 3.81. The number of fused-ring (bicyclic) bond motifs is 1. The molecule has 3 heterocycles. The molecule has 0 atom stereocenters. The number of carbonyl (C=O) groups is 2. The largest absolute Gasteiger partial charge is 0.465 e. The summed E-state index contributed by atoms with van der Waals surface area (Å²) in [5.74, 6) is -0.809. The Bertz CT molecular complexity index is 1510. The lowest BCUT2D eigenvalue weighted by Crippen LogP contribution is -2.14. The fraction of sp³-hybridized carbons (Fsp3) is 0.0741. The van der Waals surface area contributed by atoms with Crippen LogP contribution < -0.4 is 5.32 Å². The van der Waals surface area contributed by atoms with Crippen LogP contribution in [0.1, 0.15) is 26.3 Å². The number of benzene rings is 2. The van der Waals surface area contributed by atoms with Crippen LogP contribution in [0.2, 0.25) is 0 Å². The van der Waals surface area contributed by atoms with Crippen molar-refractivity contribution in [3.8, 4) is 11.3 Å². The second-order valence-electron chi connectivity index (χ2n) is 7.84. The van der Waals surface area contributed by atoms with Gasteiger partial charge < -0.3 is 10.1 Å². The van der Waals surface area contributed by atoms with Gasteiger partial charge in [-0.05, 0) is 42.0 Å². The first-order chi connectivity index (χ1) is 17.1. The number of amides is 1. The number of hydrogen-bond acceptors (Lipinski definition) is 6. The molecular weight excluding hydrogens is 442 g/mol. The molecule has 1 N–H and O–H groups in total. The van der Waals surface area contributed by atoms with Gasteiger partial charge >= 0.3 is 5.97 Å².